The SMILES string of the molecule is COC(=O)CCC(C)C1CCC2C3C(O)CC4CCCCC4(C)C3CC(O)C12C. The van der Waals surface area contributed by atoms with Crippen LogP contribution in [-0.4, -0.2) is 35.5 Å². The van der Waals surface area contributed by atoms with Gasteiger partial charge in [0.25, 0.3) is 0 Å². The molecule has 4 fully saturated rings. The molecule has 4 heteroatoms. The molecule has 0 aromatic carbocycles. The van der Waals surface area contributed by atoms with Crippen molar-refractivity contribution in [1.29, 1.82) is 0 Å². The van der Waals surface area contributed by atoms with Gasteiger partial charge in [0, 0.05) is 6.42 Å². The van der Waals surface area contributed by atoms with Crippen molar-refractivity contribution in [3.63, 3.8) is 0 Å². The highest BCUT2D eigenvalue weighted by atomic mass is 16.5. The predicted molar refractivity (Wildman–Crippen MR) is 113 cm³/mol. The van der Waals surface area contributed by atoms with Gasteiger partial charge in [0.15, 0.2) is 0 Å². The zero-order valence-electron chi connectivity index (χ0n) is 18.9. The molecule has 0 bridgehead atoms. The minimum absolute atomic E-state index is 0.139. The minimum atomic E-state index is -0.300. The maximum Gasteiger partial charge on any atom is 0.305 e. The Morgan fingerprint density at radius 1 is 1.10 bits per heavy atom. The number of aliphatic hydroxyl groups excluding tert-OH is 2. The molecule has 4 aliphatic rings. The first-order valence-electron chi connectivity index (χ1n) is 12.2. The van der Waals surface area contributed by atoms with Crippen LogP contribution in [0.25, 0.3) is 0 Å². The lowest BCUT2D eigenvalue weighted by Gasteiger charge is -2.63. The molecule has 4 rings (SSSR count). The number of hydrogen-bond acceptors (Lipinski definition) is 4. The van der Waals surface area contributed by atoms with Crippen molar-refractivity contribution in [3.05, 3.63) is 0 Å². The van der Waals surface area contributed by atoms with Crippen molar-refractivity contribution in [3.8, 4) is 0 Å². The van der Waals surface area contributed by atoms with Gasteiger partial charge in [-0.2, -0.15) is 0 Å². The number of rotatable bonds is 4. The monoisotopic (exact) mass is 406 g/mol. The molecule has 4 saturated carbocycles. The molecule has 4 aliphatic carbocycles. The Balaban J connectivity index is 1.58. The number of ether oxygens (including phenoxy) is 1. The second kappa shape index (κ2) is 7.82. The smallest absolute Gasteiger partial charge is 0.305 e. The summed E-state index contributed by atoms with van der Waals surface area (Å²) in [6.45, 7) is 7.02. The molecule has 0 amide bonds. The first kappa shape index (κ1) is 21.6. The van der Waals surface area contributed by atoms with Crippen molar-refractivity contribution in [1.82, 2.24) is 0 Å². The second-order valence-corrected chi connectivity index (χ2v) is 11.4. The second-order valence-electron chi connectivity index (χ2n) is 11.4. The van der Waals surface area contributed by atoms with Crippen LogP contribution in [-0.2, 0) is 9.53 Å². The molecular weight excluding hydrogens is 364 g/mol. The molecule has 4 nitrogen and oxygen atoms in total. The van der Waals surface area contributed by atoms with Crippen molar-refractivity contribution < 1.29 is 19.7 Å². The highest BCUT2D eigenvalue weighted by Gasteiger charge is 2.65. The fourth-order valence-corrected chi connectivity index (χ4v) is 8.84. The van der Waals surface area contributed by atoms with Gasteiger partial charge in [-0.05, 0) is 91.3 Å². The van der Waals surface area contributed by atoms with Gasteiger partial charge in [0.05, 0.1) is 19.3 Å². The lowest BCUT2D eigenvalue weighted by Crippen LogP contribution is -2.61. The molecule has 0 radical (unpaired) electrons. The van der Waals surface area contributed by atoms with Gasteiger partial charge in [-0.3, -0.25) is 4.79 Å². The molecule has 10 atom stereocenters. The lowest BCUT2D eigenvalue weighted by atomic mass is 9.43. The third-order valence-corrected chi connectivity index (χ3v) is 10.5. The summed E-state index contributed by atoms with van der Waals surface area (Å²) >= 11 is 0. The average molecular weight is 407 g/mol. The van der Waals surface area contributed by atoms with E-state index in [0.717, 1.165) is 32.1 Å². The van der Waals surface area contributed by atoms with Crippen molar-refractivity contribution in [2.24, 2.45) is 46.3 Å². The maximum atomic E-state index is 11.7. The van der Waals surface area contributed by atoms with Crippen molar-refractivity contribution in [2.75, 3.05) is 7.11 Å². The van der Waals surface area contributed by atoms with Gasteiger partial charge in [-0.25, -0.2) is 0 Å². The summed E-state index contributed by atoms with van der Waals surface area (Å²) < 4.78 is 4.84. The number of methoxy groups -OCH3 is 1. The van der Waals surface area contributed by atoms with E-state index in [0.29, 0.717) is 47.3 Å². The van der Waals surface area contributed by atoms with Gasteiger partial charge in [-0.15, -0.1) is 0 Å². The quantitative estimate of drug-likeness (QED) is 0.671. The zero-order valence-corrected chi connectivity index (χ0v) is 18.9. The summed E-state index contributed by atoms with van der Waals surface area (Å²) in [5.41, 5.74) is 0.147. The third-order valence-electron chi connectivity index (χ3n) is 10.5. The average Bonchev–Trinajstić information content (AvgIpc) is 3.05. The number of aliphatic hydroxyl groups is 2. The topological polar surface area (TPSA) is 66.8 Å². The van der Waals surface area contributed by atoms with Gasteiger partial charge in [0.2, 0.25) is 0 Å². The van der Waals surface area contributed by atoms with Crippen LogP contribution in [0.15, 0.2) is 0 Å². The van der Waals surface area contributed by atoms with Gasteiger partial charge in [0.1, 0.15) is 0 Å². The maximum absolute atomic E-state index is 11.7. The first-order chi connectivity index (χ1) is 13.7. The zero-order chi connectivity index (χ0) is 21.0. The number of esters is 1. The van der Waals surface area contributed by atoms with E-state index >= 15 is 0 Å². The fraction of sp³-hybridized carbons (Fsp3) is 0.960. The molecule has 10 unspecified atom stereocenters. The fourth-order valence-electron chi connectivity index (χ4n) is 8.84. The predicted octanol–water partition coefficient (Wildman–Crippen LogP) is 4.57. The Labute approximate surface area is 176 Å². The molecule has 2 N–H and O–H groups in total. The molecule has 166 valence electrons. The third kappa shape index (κ3) is 3.28. The van der Waals surface area contributed by atoms with E-state index in [1.165, 1.54) is 32.8 Å². The number of fused-ring (bicyclic) bond motifs is 5. The van der Waals surface area contributed by atoms with Gasteiger partial charge >= 0.3 is 5.97 Å². The number of hydrogen-bond donors (Lipinski definition) is 2. The highest BCUT2D eigenvalue weighted by molar-refractivity contribution is 5.69. The minimum Gasteiger partial charge on any atom is -0.469 e. The summed E-state index contributed by atoms with van der Waals surface area (Å²) in [4.78, 5) is 11.7. The Morgan fingerprint density at radius 2 is 1.86 bits per heavy atom. The first-order valence-corrected chi connectivity index (χ1v) is 12.2. The van der Waals surface area contributed by atoms with E-state index in [4.69, 9.17) is 4.74 Å². The Hall–Kier alpha value is -0.610. The largest absolute Gasteiger partial charge is 0.469 e. The highest BCUT2D eigenvalue weighted by Crippen LogP contribution is 2.68. The Bertz CT molecular complexity index is 620. The molecular formula is C25H42O4. The van der Waals surface area contributed by atoms with E-state index in [9.17, 15) is 15.0 Å². The summed E-state index contributed by atoms with van der Waals surface area (Å²) in [6, 6.07) is 0. The molecule has 0 saturated heterocycles. The number of carbonyl (C=O) groups excluding carboxylic acids is 1. The van der Waals surface area contributed by atoms with Crippen LogP contribution >= 0.6 is 0 Å². The van der Waals surface area contributed by atoms with E-state index in [-0.39, 0.29) is 23.6 Å². The normalized spacial score (nSPS) is 50.2. The Kier molecular flexibility index (Phi) is 5.83. The molecule has 0 heterocycles. The van der Waals surface area contributed by atoms with E-state index < -0.39 is 0 Å². The summed E-state index contributed by atoms with van der Waals surface area (Å²) in [7, 11) is 1.45. The lowest BCUT2D eigenvalue weighted by molar-refractivity contribution is -0.201. The molecule has 0 aliphatic heterocycles. The van der Waals surface area contributed by atoms with Crippen molar-refractivity contribution >= 4 is 5.97 Å². The summed E-state index contributed by atoms with van der Waals surface area (Å²) in [5.74, 6) is 2.47. The Morgan fingerprint density at radius 3 is 2.59 bits per heavy atom. The molecule has 29 heavy (non-hydrogen) atoms. The summed E-state index contributed by atoms with van der Waals surface area (Å²) in [6.07, 6.45) is 9.92. The molecule has 0 aromatic heterocycles. The van der Waals surface area contributed by atoms with Crippen LogP contribution in [0.2, 0.25) is 0 Å². The number of carbonyl (C=O) groups is 1. The van der Waals surface area contributed by atoms with Gasteiger partial charge < -0.3 is 14.9 Å². The molecule has 0 aromatic rings. The van der Waals surface area contributed by atoms with E-state index in [1.807, 2.05) is 0 Å². The van der Waals surface area contributed by atoms with Gasteiger partial charge in [-0.1, -0.05) is 33.6 Å². The van der Waals surface area contributed by atoms with E-state index in [1.54, 1.807) is 0 Å². The molecule has 0 spiro atoms. The van der Waals surface area contributed by atoms with Crippen LogP contribution in [0.1, 0.15) is 85.0 Å². The van der Waals surface area contributed by atoms with Crippen LogP contribution in [0.3, 0.4) is 0 Å². The summed E-state index contributed by atoms with van der Waals surface area (Å²) in [5, 5.41) is 22.8. The van der Waals surface area contributed by atoms with Crippen molar-refractivity contribution in [2.45, 2.75) is 97.2 Å². The van der Waals surface area contributed by atoms with Crippen LogP contribution < -0.4 is 0 Å². The van der Waals surface area contributed by atoms with E-state index in [2.05, 4.69) is 20.8 Å². The van der Waals surface area contributed by atoms with Crippen LogP contribution in [0, 0.1) is 46.3 Å². The standard InChI is InChI=1S/C25H42O4/c1-15(8-11-22(28)29-4)17-9-10-18-23-19(14-21(27)25(17,18)3)24(2)12-6-5-7-16(24)13-20(23)26/h15-21,23,26-27H,5-14H2,1-4H3. The van der Waals surface area contributed by atoms with Crippen LogP contribution in [0.5, 0.6) is 0 Å². The van der Waals surface area contributed by atoms with Crippen LogP contribution in [0.4, 0.5) is 0 Å².